The largest absolute Gasteiger partial charge is 0.361 e. The number of rotatable bonds is 3. The molecule has 0 saturated heterocycles. The van der Waals surface area contributed by atoms with Crippen LogP contribution < -0.4 is 0 Å². The van der Waals surface area contributed by atoms with Gasteiger partial charge in [-0.2, -0.15) is 0 Å². The number of aryl methyl sites for hydroxylation is 2. The molecule has 0 atom stereocenters. The van der Waals surface area contributed by atoms with E-state index in [0.717, 1.165) is 27.8 Å². The fraction of sp³-hybridized carbons (Fsp3) is 0.375. The third-order valence-electron chi connectivity index (χ3n) is 1.76. The normalized spacial score (nSPS) is 10.7. The molecule has 0 aliphatic rings. The van der Waals surface area contributed by atoms with Crippen LogP contribution in [0.3, 0.4) is 0 Å². The summed E-state index contributed by atoms with van der Waals surface area (Å²) < 4.78 is 4.95. The van der Waals surface area contributed by atoms with Crippen molar-refractivity contribution in [1.29, 1.82) is 0 Å². The van der Waals surface area contributed by atoms with Gasteiger partial charge < -0.3 is 4.52 Å². The molecule has 0 unspecified atom stereocenters. The van der Waals surface area contributed by atoms with Crippen molar-refractivity contribution in [1.82, 2.24) is 15.4 Å². The van der Waals surface area contributed by atoms with Crippen molar-refractivity contribution in [3.8, 4) is 10.6 Å². The van der Waals surface area contributed by atoms with Crippen molar-refractivity contribution >= 4 is 22.9 Å². The maximum atomic E-state index is 5.61. The first-order valence-electron chi connectivity index (χ1n) is 4.11. The highest BCUT2D eigenvalue weighted by Crippen LogP contribution is 2.26. The quantitative estimate of drug-likeness (QED) is 0.758. The zero-order chi connectivity index (χ0) is 9.97. The molecule has 6 heteroatoms. The molecule has 0 N–H and O–H groups in total. The van der Waals surface area contributed by atoms with E-state index >= 15 is 0 Å². The number of halogens is 1. The predicted octanol–water partition coefficient (Wildman–Crippen LogP) is 2.28. The molecular weight excluding hydrogens is 222 g/mol. The van der Waals surface area contributed by atoms with Gasteiger partial charge in [0.15, 0.2) is 5.01 Å². The fourth-order valence-corrected chi connectivity index (χ4v) is 2.24. The van der Waals surface area contributed by atoms with Gasteiger partial charge in [-0.15, -0.1) is 21.8 Å². The molecule has 2 aromatic rings. The summed E-state index contributed by atoms with van der Waals surface area (Å²) in [7, 11) is 0. The van der Waals surface area contributed by atoms with Crippen LogP contribution in [0.4, 0.5) is 0 Å². The second-order valence-electron chi connectivity index (χ2n) is 2.74. The van der Waals surface area contributed by atoms with Crippen molar-refractivity contribution in [2.45, 2.75) is 13.3 Å². The minimum atomic E-state index is 0.567. The summed E-state index contributed by atoms with van der Waals surface area (Å²) in [6.45, 7) is 1.85. The molecule has 0 bridgehead atoms. The van der Waals surface area contributed by atoms with E-state index in [0.29, 0.717) is 5.88 Å². The van der Waals surface area contributed by atoms with Crippen LogP contribution in [0.15, 0.2) is 10.7 Å². The van der Waals surface area contributed by atoms with Gasteiger partial charge in [-0.05, 0) is 6.92 Å². The van der Waals surface area contributed by atoms with Gasteiger partial charge in [0.2, 0.25) is 0 Å². The van der Waals surface area contributed by atoms with E-state index in [4.69, 9.17) is 16.1 Å². The number of hydrogen-bond donors (Lipinski definition) is 0. The van der Waals surface area contributed by atoms with Crippen LogP contribution in [0.5, 0.6) is 0 Å². The lowest BCUT2D eigenvalue weighted by molar-refractivity contribution is 0.398. The Morgan fingerprint density at radius 2 is 2.36 bits per heavy atom. The third kappa shape index (κ3) is 1.78. The van der Waals surface area contributed by atoms with Crippen molar-refractivity contribution < 1.29 is 4.52 Å². The molecule has 0 radical (unpaired) electrons. The van der Waals surface area contributed by atoms with Gasteiger partial charge in [-0.3, -0.25) is 0 Å². The van der Waals surface area contributed by atoms with Crippen LogP contribution in [0.25, 0.3) is 10.6 Å². The standard InChI is InChI=1S/C8H8ClN3OS/c1-5-6(4-10-13-5)8-12-11-7(14-8)2-3-9/h4H,2-3H2,1H3. The molecule has 0 aromatic carbocycles. The first kappa shape index (κ1) is 9.61. The van der Waals surface area contributed by atoms with Crippen LogP contribution in [0, 0.1) is 6.92 Å². The smallest absolute Gasteiger partial charge is 0.152 e. The van der Waals surface area contributed by atoms with Gasteiger partial charge >= 0.3 is 0 Å². The highest BCUT2D eigenvalue weighted by atomic mass is 35.5. The number of nitrogens with zero attached hydrogens (tertiary/aromatic N) is 3. The van der Waals surface area contributed by atoms with E-state index in [1.807, 2.05) is 6.92 Å². The Morgan fingerprint density at radius 3 is 3.00 bits per heavy atom. The van der Waals surface area contributed by atoms with Crippen molar-refractivity contribution in [2.75, 3.05) is 5.88 Å². The average Bonchev–Trinajstić information content (AvgIpc) is 2.74. The van der Waals surface area contributed by atoms with E-state index in [-0.39, 0.29) is 0 Å². The molecule has 0 saturated carbocycles. The summed E-state index contributed by atoms with van der Waals surface area (Å²) in [5, 5.41) is 13.5. The summed E-state index contributed by atoms with van der Waals surface area (Å²) in [5.41, 5.74) is 0.906. The first-order chi connectivity index (χ1) is 6.81. The highest BCUT2D eigenvalue weighted by molar-refractivity contribution is 7.14. The minimum absolute atomic E-state index is 0.567. The van der Waals surface area contributed by atoms with Crippen molar-refractivity contribution in [3.05, 3.63) is 17.0 Å². The SMILES string of the molecule is Cc1oncc1-c1nnc(CCCl)s1. The predicted molar refractivity (Wildman–Crippen MR) is 54.6 cm³/mol. The second kappa shape index (κ2) is 4.06. The van der Waals surface area contributed by atoms with E-state index in [1.165, 1.54) is 11.3 Å². The zero-order valence-electron chi connectivity index (χ0n) is 7.53. The van der Waals surface area contributed by atoms with E-state index in [1.54, 1.807) is 6.20 Å². The topological polar surface area (TPSA) is 51.8 Å². The number of hydrogen-bond acceptors (Lipinski definition) is 5. The maximum absolute atomic E-state index is 5.61. The fourth-order valence-electron chi connectivity index (χ4n) is 1.05. The van der Waals surface area contributed by atoms with Crippen LogP contribution >= 0.6 is 22.9 Å². The van der Waals surface area contributed by atoms with Crippen LogP contribution in [-0.4, -0.2) is 21.2 Å². The summed E-state index contributed by atoms with van der Waals surface area (Å²) >= 11 is 7.13. The zero-order valence-corrected chi connectivity index (χ0v) is 9.10. The Balaban J connectivity index is 2.29. The summed E-state index contributed by atoms with van der Waals surface area (Å²) in [6.07, 6.45) is 2.41. The number of alkyl halides is 1. The molecule has 14 heavy (non-hydrogen) atoms. The summed E-state index contributed by atoms with van der Waals surface area (Å²) in [5.74, 6) is 1.33. The van der Waals surface area contributed by atoms with Gasteiger partial charge in [0, 0.05) is 12.3 Å². The Hall–Kier alpha value is -0.940. The second-order valence-corrected chi connectivity index (χ2v) is 4.18. The van der Waals surface area contributed by atoms with Crippen LogP contribution in [0.1, 0.15) is 10.8 Å². The lowest BCUT2D eigenvalue weighted by atomic mass is 10.3. The molecule has 0 aliphatic heterocycles. The molecular formula is C8H8ClN3OS. The molecule has 0 fully saturated rings. The van der Waals surface area contributed by atoms with E-state index in [9.17, 15) is 0 Å². The molecule has 2 rings (SSSR count). The van der Waals surface area contributed by atoms with E-state index in [2.05, 4.69) is 15.4 Å². The van der Waals surface area contributed by atoms with Gasteiger partial charge in [-0.25, -0.2) is 0 Å². The van der Waals surface area contributed by atoms with Gasteiger partial charge in [0.25, 0.3) is 0 Å². The highest BCUT2D eigenvalue weighted by Gasteiger charge is 2.11. The molecule has 74 valence electrons. The molecule has 4 nitrogen and oxygen atoms in total. The third-order valence-corrected chi connectivity index (χ3v) is 2.96. The van der Waals surface area contributed by atoms with Crippen molar-refractivity contribution in [3.63, 3.8) is 0 Å². The Kier molecular flexibility index (Phi) is 2.79. The Morgan fingerprint density at radius 1 is 1.50 bits per heavy atom. The molecule has 0 amide bonds. The molecule has 0 aliphatic carbocycles. The van der Waals surface area contributed by atoms with Gasteiger partial charge in [-0.1, -0.05) is 16.5 Å². The lowest BCUT2D eigenvalue weighted by Crippen LogP contribution is -1.82. The molecule has 0 spiro atoms. The van der Waals surface area contributed by atoms with Gasteiger partial charge in [0.05, 0.1) is 11.8 Å². The van der Waals surface area contributed by atoms with E-state index < -0.39 is 0 Å². The Bertz CT molecular complexity index is 426. The van der Waals surface area contributed by atoms with Crippen LogP contribution in [-0.2, 0) is 6.42 Å². The van der Waals surface area contributed by atoms with Crippen molar-refractivity contribution in [2.24, 2.45) is 0 Å². The van der Waals surface area contributed by atoms with Crippen LogP contribution in [0.2, 0.25) is 0 Å². The summed E-state index contributed by atoms with van der Waals surface area (Å²) in [4.78, 5) is 0. The summed E-state index contributed by atoms with van der Waals surface area (Å²) in [6, 6.07) is 0. The minimum Gasteiger partial charge on any atom is -0.361 e. The molecule has 2 aromatic heterocycles. The Labute approximate surface area is 89.9 Å². The lowest BCUT2D eigenvalue weighted by Gasteiger charge is -1.86. The first-order valence-corrected chi connectivity index (χ1v) is 5.46. The van der Waals surface area contributed by atoms with Gasteiger partial charge in [0.1, 0.15) is 10.8 Å². The molecule has 2 heterocycles. The maximum Gasteiger partial charge on any atom is 0.152 e. The monoisotopic (exact) mass is 229 g/mol. The average molecular weight is 230 g/mol. The number of aromatic nitrogens is 3.